The highest BCUT2D eigenvalue weighted by Gasteiger charge is 2.35. The molecular weight excluding hydrogens is 453 g/mol. The van der Waals surface area contributed by atoms with Crippen molar-refractivity contribution in [2.24, 2.45) is 0 Å². The first-order valence-electron chi connectivity index (χ1n) is 8.89. The Morgan fingerprint density at radius 3 is 2.89 bits per heavy atom. The van der Waals surface area contributed by atoms with Crippen molar-refractivity contribution < 1.29 is 22.3 Å². The van der Waals surface area contributed by atoms with Gasteiger partial charge in [0.05, 0.1) is 18.8 Å². The zero-order chi connectivity index (χ0) is 20.5. The summed E-state index contributed by atoms with van der Waals surface area (Å²) >= 11 is 3.13. The van der Waals surface area contributed by atoms with Gasteiger partial charge in [0.2, 0.25) is 10.0 Å². The predicted molar refractivity (Wildman–Crippen MR) is 104 cm³/mol. The molecular formula is C18H21BrFN3O4S. The first kappa shape index (κ1) is 20.9. The van der Waals surface area contributed by atoms with Gasteiger partial charge in [-0.05, 0) is 44.4 Å². The summed E-state index contributed by atoms with van der Waals surface area (Å²) in [5.74, 6) is -1.20. The molecule has 0 aliphatic heterocycles. The van der Waals surface area contributed by atoms with Crippen LogP contribution in [0.4, 0.5) is 4.39 Å². The van der Waals surface area contributed by atoms with E-state index in [0.717, 1.165) is 23.7 Å². The van der Waals surface area contributed by atoms with Gasteiger partial charge in [0.25, 0.3) is 0 Å². The number of benzene rings is 1. The van der Waals surface area contributed by atoms with Crippen molar-refractivity contribution >= 4 is 31.9 Å². The monoisotopic (exact) mass is 473 g/mol. The van der Waals surface area contributed by atoms with Gasteiger partial charge >= 0.3 is 5.97 Å². The van der Waals surface area contributed by atoms with Crippen molar-refractivity contribution in [3.05, 3.63) is 45.9 Å². The Hall–Kier alpha value is -1.78. The highest BCUT2D eigenvalue weighted by molar-refractivity contribution is 9.10. The largest absolute Gasteiger partial charge is 0.465 e. The smallest absolute Gasteiger partial charge is 0.327 e. The summed E-state index contributed by atoms with van der Waals surface area (Å²) in [6.07, 6.45) is 3.59. The SMILES string of the molecule is CCOC(=O)Cn1ncc2c1CCCC2N(C)S(=O)(=O)c1ccc(Br)cc1F. The Labute approximate surface area is 171 Å². The van der Waals surface area contributed by atoms with Crippen molar-refractivity contribution in [2.45, 2.75) is 43.7 Å². The fraction of sp³-hybridized carbons (Fsp3) is 0.444. The molecule has 152 valence electrons. The summed E-state index contributed by atoms with van der Waals surface area (Å²) in [6.45, 7) is 1.99. The van der Waals surface area contributed by atoms with Crippen molar-refractivity contribution in [2.75, 3.05) is 13.7 Å². The fourth-order valence-electron chi connectivity index (χ4n) is 3.45. The summed E-state index contributed by atoms with van der Waals surface area (Å²) in [4.78, 5) is 11.4. The number of rotatable bonds is 6. The summed E-state index contributed by atoms with van der Waals surface area (Å²) in [6, 6.07) is 3.39. The number of hydrogen-bond donors (Lipinski definition) is 0. The van der Waals surface area contributed by atoms with E-state index in [9.17, 15) is 17.6 Å². The number of esters is 1. The highest BCUT2D eigenvalue weighted by atomic mass is 79.9. The van der Waals surface area contributed by atoms with Crippen LogP contribution in [0.3, 0.4) is 0 Å². The van der Waals surface area contributed by atoms with Crippen LogP contribution in [0.5, 0.6) is 0 Å². The quantitative estimate of drug-likeness (QED) is 0.602. The molecule has 3 rings (SSSR count). The lowest BCUT2D eigenvalue weighted by atomic mass is 9.93. The molecule has 2 aromatic rings. The Kier molecular flexibility index (Phi) is 6.21. The Bertz CT molecular complexity index is 993. The van der Waals surface area contributed by atoms with Gasteiger partial charge < -0.3 is 4.74 Å². The molecule has 1 aliphatic rings. The molecule has 1 heterocycles. The van der Waals surface area contributed by atoms with Gasteiger partial charge in [-0.1, -0.05) is 15.9 Å². The minimum atomic E-state index is -4.04. The number of hydrogen-bond acceptors (Lipinski definition) is 5. The number of fused-ring (bicyclic) bond motifs is 1. The normalized spacial score (nSPS) is 16.8. The van der Waals surface area contributed by atoms with Gasteiger partial charge in [-0.25, -0.2) is 12.8 Å². The second-order valence-electron chi connectivity index (χ2n) is 6.51. The summed E-state index contributed by atoms with van der Waals surface area (Å²) < 4.78 is 48.5. The zero-order valence-electron chi connectivity index (χ0n) is 15.6. The zero-order valence-corrected chi connectivity index (χ0v) is 18.0. The Balaban J connectivity index is 1.91. The second-order valence-corrected chi connectivity index (χ2v) is 9.39. The number of ether oxygens (including phenoxy) is 1. The van der Waals surface area contributed by atoms with E-state index in [1.54, 1.807) is 17.8 Å². The van der Waals surface area contributed by atoms with Gasteiger partial charge in [-0.2, -0.15) is 9.40 Å². The average molecular weight is 474 g/mol. The highest BCUT2D eigenvalue weighted by Crippen LogP contribution is 2.37. The first-order chi connectivity index (χ1) is 13.3. The van der Waals surface area contributed by atoms with E-state index >= 15 is 0 Å². The lowest BCUT2D eigenvalue weighted by molar-refractivity contribution is -0.144. The lowest BCUT2D eigenvalue weighted by Gasteiger charge is -2.31. The molecule has 7 nitrogen and oxygen atoms in total. The van der Waals surface area contributed by atoms with Gasteiger partial charge in [0.15, 0.2) is 0 Å². The van der Waals surface area contributed by atoms with Crippen LogP contribution in [0, 0.1) is 5.82 Å². The molecule has 0 fully saturated rings. The maximum Gasteiger partial charge on any atom is 0.327 e. The van der Waals surface area contributed by atoms with Crippen LogP contribution in [-0.4, -0.2) is 42.1 Å². The van der Waals surface area contributed by atoms with Gasteiger partial charge in [-0.3, -0.25) is 9.48 Å². The van der Waals surface area contributed by atoms with Crippen LogP contribution in [0.15, 0.2) is 33.8 Å². The molecule has 0 spiro atoms. The Morgan fingerprint density at radius 1 is 1.46 bits per heavy atom. The molecule has 0 amide bonds. The van der Waals surface area contributed by atoms with E-state index in [1.807, 2.05) is 0 Å². The molecule has 0 saturated carbocycles. The summed E-state index contributed by atoms with van der Waals surface area (Å²) in [5, 5.41) is 4.25. The van der Waals surface area contributed by atoms with E-state index < -0.39 is 27.9 Å². The van der Waals surface area contributed by atoms with Crippen LogP contribution in [0.25, 0.3) is 0 Å². The lowest BCUT2D eigenvalue weighted by Crippen LogP contribution is -2.34. The topological polar surface area (TPSA) is 81.5 Å². The standard InChI is InChI=1S/C18H21BrFN3O4S/c1-3-27-18(24)11-23-16-6-4-5-15(13(16)10-21-23)22(2)28(25,26)17-8-7-12(19)9-14(17)20/h7-10,15H,3-6,11H2,1-2H3. The van der Waals surface area contributed by atoms with Gasteiger partial charge in [-0.15, -0.1) is 0 Å². The van der Waals surface area contributed by atoms with E-state index in [2.05, 4.69) is 21.0 Å². The molecule has 1 atom stereocenters. The molecule has 0 bridgehead atoms. The molecule has 1 aromatic heterocycles. The first-order valence-corrected chi connectivity index (χ1v) is 11.1. The number of halogens is 2. The molecule has 28 heavy (non-hydrogen) atoms. The maximum atomic E-state index is 14.3. The van der Waals surface area contributed by atoms with Gasteiger partial charge in [0, 0.05) is 22.8 Å². The number of carbonyl (C=O) groups excluding carboxylic acids is 1. The van der Waals surface area contributed by atoms with E-state index in [-0.39, 0.29) is 18.0 Å². The predicted octanol–water partition coefficient (Wildman–Crippen LogP) is 3.05. The van der Waals surface area contributed by atoms with Crippen LogP contribution >= 0.6 is 15.9 Å². The van der Waals surface area contributed by atoms with Crippen LogP contribution in [0.1, 0.15) is 37.1 Å². The average Bonchev–Trinajstić information content (AvgIpc) is 3.04. The fourth-order valence-corrected chi connectivity index (χ4v) is 5.19. The third-order valence-corrected chi connectivity index (χ3v) is 7.20. The van der Waals surface area contributed by atoms with Crippen LogP contribution in [0.2, 0.25) is 0 Å². The number of aromatic nitrogens is 2. The minimum Gasteiger partial charge on any atom is -0.465 e. The van der Waals surface area contributed by atoms with E-state index in [4.69, 9.17) is 4.74 Å². The van der Waals surface area contributed by atoms with Crippen molar-refractivity contribution in [1.82, 2.24) is 14.1 Å². The van der Waals surface area contributed by atoms with Crippen molar-refractivity contribution in [3.8, 4) is 0 Å². The molecule has 0 radical (unpaired) electrons. The number of sulfonamides is 1. The second kappa shape index (κ2) is 8.30. The van der Waals surface area contributed by atoms with Crippen LogP contribution in [-0.2, 0) is 32.5 Å². The Morgan fingerprint density at radius 2 is 2.21 bits per heavy atom. The molecule has 10 heteroatoms. The number of carbonyl (C=O) groups is 1. The van der Waals surface area contributed by atoms with E-state index in [0.29, 0.717) is 17.3 Å². The molecule has 0 N–H and O–H groups in total. The van der Waals surface area contributed by atoms with Crippen molar-refractivity contribution in [1.29, 1.82) is 0 Å². The van der Waals surface area contributed by atoms with Gasteiger partial charge in [0.1, 0.15) is 17.3 Å². The molecule has 1 unspecified atom stereocenters. The summed E-state index contributed by atoms with van der Waals surface area (Å²) in [7, 11) is -2.60. The third-order valence-electron chi connectivity index (χ3n) is 4.81. The summed E-state index contributed by atoms with van der Waals surface area (Å²) in [5.41, 5.74) is 1.54. The third kappa shape index (κ3) is 3.99. The maximum absolute atomic E-state index is 14.3. The number of nitrogens with zero attached hydrogens (tertiary/aromatic N) is 3. The van der Waals surface area contributed by atoms with E-state index in [1.165, 1.54) is 23.5 Å². The molecule has 1 aromatic carbocycles. The minimum absolute atomic E-state index is 0.0201. The molecule has 1 aliphatic carbocycles. The molecule has 0 saturated heterocycles. The van der Waals surface area contributed by atoms with Crippen LogP contribution < -0.4 is 0 Å². The van der Waals surface area contributed by atoms with Crippen molar-refractivity contribution in [3.63, 3.8) is 0 Å².